The van der Waals surface area contributed by atoms with Gasteiger partial charge in [-0.1, -0.05) is 18.2 Å². The van der Waals surface area contributed by atoms with E-state index in [2.05, 4.69) is 0 Å². The number of hydrogen-bond acceptors (Lipinski definition) is 3. The van der Waals surface area contributed by atoms with Crippen LogP contribution in [0.4, 0.5) is 0 Å². The number of benzene rings is 1. The van der Waals surface area contributed by atoms with Crippen LogP contribution in [0.3, 0.4) is 0 Å². The zero-order valence-electron chi connectivity index (χ0n) is 10.7. The highest BCUT2D eigenvalue weighted by Gasteiger charge is 2.28. The number of carbonyl (C=O) groups is 1. The van der Waals surface area contributed by atoms with E-state index < -0.39 is 0 Å². The molecule has 4 heteroatoms. The van der Waals surface area contributed by atoms with Gasteiger partial charge in [-0.15, -0.1) is 0 Å². The van der Waals surface area contributed by atoms with Crippen molar-refractivity contribution in [1.29, 1.82) is 0 Å². The lowest BCUT2D eigenvalue weighted by Gasteiger charge is -2.22. The predicted octanol–water partition coefficient (Wildman–Crippen LogP) is 1.30. The van der Waals surface area contributed by atoms with Crippen LogP contribution in [0.25, 0.3) is 6.08 Å². The number of amides is 1. The maximum atomic E-state index is 12.4. The normalized spacial score (nSPS) is 21.6. The van der Waals surface area contributed by atoms with Gasteiger partial charge in [-0.3, -0.25) is 4.79 Å². The van der Waals surface area contributed by atoms with Crippen molar-refractivity contribution in [2.75, 3.05) is 26.3 Å². The third-order valence-electron chi connectivity index (χ3n) is 3.74. The Hall–Kier alpha value is -1.81. The first-order valence-electron chi connectivity index (χ1n) is 6.60. The molecule has 3 rings (SSSR count). The van der Waals surface area contributed by atoms with Gasteiger partial charge in [0, 0.05) is 31.2 Å². The molecule has 4 nitrogen and oxygen atoms in total. The SMILES string of the molecule is O=C(C1=Cc2ccccc2OC1)N1CCC(CO)C1. The van der Waals surface area contributed by atoms with E-state index in [0.717, 1.165) is 24.3 Å². The predicted molar refractivity (Wildman–Crippen MR) is 71.7 cm³/mol. The number of nitrogens with zero attached hydrogens (tertiary/aromatic N) is 1. The molecule has 2 aliphatic rings. The van der Waals surface area contributed by atoms with Crippen LogP contribution in [0, 0.1) is 5.92 Å². The Kier molecular flexibility index (Phi) is 3.25. The van der Waals surface area contributed by atoms with Crippen molar-refractivity contribution in [3.63, 3.8) is 0 Å². The lowest BCUT2D eigenvalue weighted by atomic mass is 10.1. The van der Waals surface area contributed by atoms with Gasteiger partial charge in [0.2, 0.25) is 0 Å². The van der Waals surface area contributed by atoms with Gasteiger partial charge < -0.3 is 14.7 Å². The Labute approximate surface area is 112 Å². The van der Waals surface area contributed by atoms with E-state index >= 15 is 0 Å². The molecule has 100 valence electrons. The molecule has 2 aliphatic heterocycles. The van der Waals surface area contributed by atoms with Crippen LogP contribution in [0.5, 0.6) is 5.75 Å². The number of hydrogen-bond donors (Lipinski definition) is 1. The highest BCUT2D eigenvalue weighted by molar-refractivity contribution is 5.99. The van der Waals surface area contributed by atoms with Crippen LogP contribution in [-0.4, -0.2) is 42.2 Å². The van der Waals surface area contributed by atoms with Crippen molar-refractivity contribution in [3.05, 3.63) is 35.4 Å². The Balaban J connectivity index is 1.77. The number of carbonyl (C=O) groups excluding carboxylic acids is 1. The van der Waals surface area contributed by atoms with Gasteiger partial charge in [0.05, 0.1) is 5.57 Å². The van der Waals surface area contributed by atoms with Gasteiger partial charge in [0.25, 0.3) is 5.91 Å². The van der Waals surface area contributed by atoms with E-state index in [0.29, 0.717) is 18.7 Å². The number of para-hydroxylation sites is 1. The van der Waals surface area contributed by atoms with Crippen LogP contribution < -0.4 is 4.74 Å². The molecule has 1 N–H and O–H groups in total. The van der Waals surface area contributed by atoms with Crippen molar-refractivity contribution < 1.29 is 14.6 Å². The summed E-state index contributed by atoms with van der Waals surface area (Å²) >= 11 is 0. The fraction of sp³-hybridized carbons (Fsp3) is 0.400. The number of aliphatic hydroxyl groups is 1. The van der Waals surface area contributed by atoms with Crippen molar-refractivity contribution >= 4 is 12.0 Å². The zero-order valence-corrected chi connectivity index (χ0v) is 10.7. The minimum absolute atomic E-state index is 0.0328. The molecule has 1 fully saturated rings. The molecule has 1 atom stereocenters. The van der Waals surface area contributed by atoms with E-state index in [1.54, 1.807) is 0 Å². The molecule has 2 heterocycles. The molecule has 0 bridgehead atoms. The minimum atomic E-state index is 0.0328. The Morgan fingerprint density at radius 3 is 3.05 bits per heavy atom. The molecular weight excluding hydrogens is 242 g/mol. The number of rotatable bonds is 2. The fourth-order valence-electron chi connectivity index (χ4n) is 2.61. The highest BCUT2D eigenvalue weighted by Crippen LogP contribution is 2.27. The Bertz CT molecular complexity index is 524. The maximum absolute atomic E-state index is 12.4. The van der Waals surface area contributed by atoms with Crippen LogP contribution in [-0.2, 0) is 4.79 Å². The van der Waals surface area contributed by atoms with E-state index in [1.165, 1.54) is 0 Å². The molecule has 1 amide bonds. The smallest absolute Gasteiger partial charge is 0.253 e. The first-order valence-corrected chi connectivity index (χ1v) is 6.60. The summed E-state index contributed by atoms with van der Waals surface area (Å²) in [7, 11) is 0. The summed E-state index contributed by atoms with van der Waals surface area (Å²) in [6.07, 6.45) is 2.79. The van der Waals surface area contributed by atoms with E-state index in [1.807, 2.05) is 35.2 Å². The largest absolute Gasteiger partial charge is 0.488 e. The summed E-state index contributed by atoms with van der Waals surface area (Å²) in [5, 5.41) is 9.13. The molecule has 1 aromatic carbocycles. The standard InChI is InChI=1S/C15H17NO3/c17-9-11-5-6-16(8-11)15(18)13-7-12-3-1-2-4-14(12)19-10-13/h1-4,7,11,17H,5-6,8-10H2. The molecular formula is C15H17NO3. The molecule has 1 aromatic rings. The monoisotopic (exact) mass is 259 g/mol. The summed E-state index contributed by atoms with van der Waals surface area (Å²) in [5.41, 5.74) is 1.65. The second-order valence-corrected chi connectivity index (χ2v) is 5.08. The van der Waals surface area contributed by atoms with Gasteiger partial charge in [-0.2, -0.15) is 0 Å². The van der Waals surface area contributed by atoms with Crippen molar-refractivity contribution in [2.24, 2.45) is 5.92 Å². The Morgan fingerprint density at radius 1 is 1.42 bits per heavy atom. The summed E-state index contributed by atoms with van der Waals surface area (Å²) in [6, 6.07) is 7.71. The van der Waals surface area contributed by atoms with Crippen LogP contribution in [0.15, 0.2) is 29.8 Å². The topological polar surface area (TPSA) is 49.8 Å². The molecule has 0 aromatic heterocycles. The summed E-state index contributed by atoms with van der Waals surface area (Å²) in [4.78, 5) is 14.2. The van der Waals surface area contributed by atoms with Crippen LogP contribution in [0.1, 0.15) is 12.0 Å². The zero-order chi connectivity index (χ0) is 13.2. The molecule has 0 spiro atoms. The third kappa shape index (κ3) is 2.36. The van der Waals surface area contributed by atoms with Gasteiger partial charge in [0.15, 0.2) is 0 Å². The summed E-state index contributed by atoms with van der Waals surface area (Å²) < 4.78 is 5.60. The first kappa shape index (κ1) is 12.2. The summed E-state index contributed by atoms with van der Waals surface area (Å²) in [5.74, 6) is 1.08. The average molecular weight is 259 g/mol. The lowest BCUT2D eigenvalue weighted by Crippen LogP contribution is -2.32. The third-order valence-corrected chi connectivity index (χ3v) is 3.74. The van der Waals surface area contributed by atoms with Crippen LogP contribution in [0.2, 0.25) is 0 Å². The van der Waals surface area contributed by atoms with Crippen molar-refractivity contribution in [3.8, 4) is 5.75 Å². The number of aliphatic hydroxyl groups excluding tert-OH is 1. The average Bonchev–Trinajstić information content (AvgIpc) is 2.95. The fourth-order valence-corrected chi connectivity index (χ4v) is 2.61. The second kappa shape index (κ2) is 5.05. The Morgan fingerprint density at radius 2 is 2.26 bits per heavy atom. The van der Waals surface area contributed by atoms with Crippen LogP contribution >= 0.6 is 0 Å². The lowest BCUT2D eigenvalue weighted by molar-refractivity contribution is -0.126. The van der Waals surface area contributed by atoms with E-state index in [9.17, 15) is 4.79 Å². The second-order valence-electron chi connectivity index (χ2n) is 5.08. The summed E-state index contributed by atoms with van der Waals surface area (Å²) in [6.45, 7) is 1.86. The number of ether oxygens (including phenoxy) is 1. The van der Waals surface area contributed by atoms with Gasteiger partial charge in [-0.05, 0) is 18.6 Å². The van der Waals surface area contributed by atoms with Crippen molar-refractivity contribution in [1.82, 2.24) is 4.90 Å². The molecule has 1 unspecified atom stereocenters. The van der Waals surface area contributed by atoms with Gasteiger partial charge in [0.1, 0.15) is 12.4 Å². The van der Waals surface area contributed by atoms with Gasteiger partial charge >= 0.3 is 0 Å². The number of likely N-dealkylation sites (tertiary alicyclic amines) is 1. The van der Waals surface area contributed by atoms with E-state index in [4.69, 9.17) is 9.84 Å². The quantitative estimate of drug-likeness (QED) is 0.871. The van der Waals surface area contributed by atoms with Crippen molar-refractivity contribution in [2.45, 2.75) is 6.42 Å². The molecule has 0 radical (unpaired) electrons. The van der Waals surface area contributed by atoms with E-state index in [-0.39, 0.29) is 18.4 Å². The molecule has 1 saturated heterocycles. The molecule has 0 aliphatic carbocycles. The first-order chi connectivity index (χ1) is 9.28. The number of fused-ring (bicyclic) bond motifs is 1. The molecule has 19 heavy (non-hydrogen) atoms. The maximum Gasteiger partial charge on any atom is 0.253 e. The highest BCUT2D eigenvalue weighted by atomic mass is 16.5. The van der Waals surface area contributed by atoms with Gasteiger partial charge in [-0.25, -0.2) is 0 Å². The minimum Gasteiger partial charge on any atom is -0.488 e. The molecule has 0 saturated carbocycles.